The topological polar surface area (TPSA) is 63.2 Å². The van der Waals surface area contributed by atoms with Gasteiger partial charge in [-0.05, 0) is 61.7 Å². The smallest absolute Gasteiger partial charge is 0.220 e. The van der Waals surface area contributed by atoms with Crippen LogP contribution >= 0.6 is 0 Å². The number of nitrogens with one attached hydrogen (secondary N) is 2. The zero-order chi connectivity index (χ0) is 17.5. The molecule has 132 valence electrons. The van der Waals surface area contributed by atoms with Crippen molar-refractivity contribution < 1.29 is 13.9 Å². The molecule has 1 unspecified atom stereocenters. The molecular formula is C19H22FN3O2. The lowest BCUT2D eigenvalue weighted by molar-refractivity contribution is -0.121. The van der Waals surface area contributed by atoms with E-state index in [0.717, 1.165) is 31.5 Å². The van der Waals surface area contributed by atoms with E-state index in [-0.39, 0.29) is 11.7 Å². The summed E-state index contributed by atoms with van der Waals surface area (Å²) in [7, 11) is 0. The molecule has 0 bridgehead atoms. The maximum Gasteiger partial charge on any atom is 0.220 e. The number of ether oxygens (including phenoxy) is 1. The number of benzene rings is 1. The van der Waals surface area contributed by atoms with Crippen molar-refractivity contribution in [2.24, 2.45) is 5.92 Å². The molecule has 0 aliphatic carbocycles. The first-order chi connectivity index (χ1) is 12.2. The van der Waals surface area contributed by atoms with E-state index < -0.39 is 0 Å². The second kappa shape index (κ2) is 8.58. The molecule has 0 saturated carbocycles. The largest absolute Gasteiger partial charge is 0.439 e. The second-order valence-corrected chi connectivity index (χ2v) is 6.23. The molecule has 1 atom stereocenters. The number of rotatable bonds is 7. The van der Waals surface area contributed by atoms with E-state index in [1.807, 2.05) is 6.07 Å². The van der Waals surface area contributed by atoms with Crippen LogP contribution in [0.4, 0.5) is 4.39 Å². The summed E-state index contributed by atoms with van der Waals surface area (Å²) in [6.07, 6.45) is 4.32. The van der Waals surface area contributed by atoms with Crippen molar-refractivity contribution >= 4 is 5.91 Å². The molecule has 1 aliphatic heterocycles. The Hall–Kier alpha value is -2.47. The summed E-state index contributed by atoms with van der Waals surface area (Å²) in [5.41, 5.74) is 0.905. The summed E-state index contributed by atoms with van der Waals surface area (Å²) in [6.45, 7) is 2.53. The van der Waals surface area contributed by atoms with Crippen LogP contribution in [-0.4, -0.2) is 24.0 Å². The third kappa shape index (κ3) is 5.53. The first-order valence-electron chi connectivity index (χ1n) is 8.55. The summed E-state index contributed by atoms with van der Waals surface area (Å²) < 4.78 is 18.4. The van der Waals surface area contributed by atoms with Gasteiger partial charge in [-0.3, -0.25) is 4.79 Å². The fourth-order valence-corrected chi connectivity index (χ4v) is 2.78. The number of nitrogens with zero attached hydrogens (tertiary/aromatic N) is 1. The van der Waals surface area contributed by atoms with Gasteiger partial charge in [0, 0.05) is 25.2 Å². The number of carbonyl (C=O) groups excluding carboxylic acids is 1. The highest BCUT2D eigenvalue weighted by atomic mass is 19.1. The molecule has 25 heavy (non-hydrogen) atoms. The Morgan fingerprint density at radius 1 is 1.28 bits per heavy atom. The van der Waals surface area contributed by atoms with E-state index in [2.05, 4.69) is 15.6 Å². The molecule has 6 heteroatoms. The molecule has 2 heterocycles. The summed E-state index contributed by atoms with van der Waals surface area (Å²) in [5, 5.41) is 6.23. The summed E-state index contributed by atoms with van der Waals surface area (Å²) in [4.78, 5) is 16.1. The summed E-state index contributed by atoms with van der Waals surface area (Å²) in [6, 6.07) is 9.35. The van der Waals surface area contributed by atoms with Gasteiger partial charge in [0.2, 0.25) is 11.8 Å². The highest BCUT2D eigenvalue weighted by molar-refractivity contribution is 5.75. The molecule has 1 saturated heterocycles. The van der Waals surface area contributed by atoms with E-state index in [4.69, 9.17) is 4.74 Å². The Morgan fingerprint density at radius 2 is 2.12 bits per heavy atom. The highest BCUT2D eigenvalue weighted by Gasteiger charge is 2.15. The molecular weight excluding hydrogens is 321 g/mol. The Bertz CT molecular complexity index is 683. The average Bonchev–Trinajstić information content (AvgIpc) is 3.15. The first kappa shape index (κ1) is 17.4. The summed E-state index contributed by atoms with van der Waals surface area (Å²) in [5.74, 6) is 1.33. The van der Waals surface area contributed by atoms with Crippen molar-refractivity contribution in [1.82, 2.24) is 15.6 Å². The van der Waals surface area contributed by atoms with Gasteiger partial charge in [-0.2, -0.15) is 0 Å². The number of pyridine rings is 1. The van der Waals surface area contributed by atoms with Gasteiger partial charge in [-0.25, -0.2) is 9.37 Å². The molecule has 2 N–H and O–H groups in total. The van der Waals surface area contributed by atoms with Crippen LogP contribution in [-0.2, 0) is 11.3 Å². The Labute approximate surface area is 146 Å². The number of aromatic nitrogens is 1. The van der Waals surface area contributed by atoms with Gasteiger partial charge < -0.3 is 15.4 Å². The number of carbonyl (C=O) groups is 1. The molecule has 1 amide bonds. The molecule has 1 aromatic carbocycles. The SMILES string of the molecule is O=C(CCC1CCNC1)NCc1ccc(Oc2ccc(F)cc2)nc1. The van der Waals surface area contributed by atoms with E-state index in [0.29, 0.717) is 30.5 Å². The number of amides is 1. The fraction of sp³-hybridized carbons (Fsp3) is 0.368. The van der Waals surface area contributed by atoms with Crippen LogP contribution in [0.25, 0.3) is 0 Å². The van der Waals surface area contributed by atoms with Crippen LogP contribution in [0.2, 0.25) is 0 Å². The lowest BCUT2D eigenvalue weighted by Crippen LogP contribution is -2.23. The van der Waals surface area contributed by atoms with Crippen molar-refractivity contribution in [2.75, 3.05) is 13.1 Å². The number of hydrogen-bond acceptors (Lipinski definition) is 4. The predicted octanol–water partition coefficient (Wildman–Crippen LogP) is 3.02. The lowest BCUT2D eigenvalue weighted by Gasteiger charge is -2.09. The van der Waals surface area contributed by atoms with Crippen LogP contribution in [0.3, 0.4) is 0 Å². The van der Waals surface area contributed by atoms with Gasteiger partial charge in [0.15, 0.2) is 0 Å². The number of hydrogen-bond donors (Lipinski definition) is 2. The van der Waals surface area contributed by atoms with Crippen LogP contribution in [0.15, 0.2) is 42.6 Å². The Kier molecular flexibility index (Phi) is 5.95. The van der Waals surface area contributed by atoms with Crippen LogP contribution in [0.1, 0.15) is 24.8 Å². The Balaban J connectivity index is 1.42. The van der Waals surface area contributed by atoms with Crippen molar-refractivity contribution in [3.8, 4) is 11.6 Å². The minimum Gasteiger partial charge on any atom is -0.439 e. The molecule has 0 spiro atoms. The van der Waals surface area contributed by atoms with Crippen LogP contribution < -0.4 is 15.4 Å². The zero-order valence-electron chi connectivity index (χ0n) is 14.0. The van der Waals surface area contributed by atoms with Gasteiger partial charge in [0.05, 0.1) is 0 Å². The zero-order valence-corrected chi connectivity index (χ0v) is 14.0. The van der Waals surface area contributed by atoms with Crippen molar-refractivity contribution in [2.45, 2.75) is 25.8 Å². The van der Waals surface area contributed by atoms with Gasteiger partial charge in [-0.1, -0.05) is 6.07 Å². The lowest BCUT2D eigenvalue weighted by atomic mass is 10.0. The minimum atomic E-state index is -0.310. The molecule has 3 rings (SSSR count). The second-order valence-electron chi connectivity index (χ2n) is 6.23. The van der Waals surface area contributed by atoms with Gasteiger partial charge in [-0.15, -0.1) is 0 Å². The van der Waals surface area contributed by atoms with E-state index in [1.54, 1.807) is 24.4 Å². The predicted molar refractivity (Wildman–Crippen MR) is 92.8 cm³/mol. The maximum atomic E-state index is 12.9. The van der Waals surface area contributed by atoms with Crippen LogP contribution in [0, 0.1) is 11.7 Å². The average molecular weight is 343 g/mol. The van der Waals surface area contributed by atoms with E-state index in [1.165, 1.54) is 12.1 Å². The first-order valence-corrected chi connectivity index (χ1v) is 8.55. The van der Waals surface area contributed by atoms with Crippen molar-refractivity contribution in [1.29, 1.82) is 0 Å². The molecule has 5 nitrogen and oxygen atoms in total. The maximum absolute atomic E-state index is 12.9. The van der Waals surface area contributed by atoms with Crippen molar-refractivity contribution in [3.63, 3.8) is 0 Å². The third-order valence-corrected chi connectivity index (χ3v) is 4.27. The molecule has 0 radical (unpaired) electrons. The minimum absolute atomic E-state index is 0.0681. The quantitative estimate of drug-likeness (QED) is 0.811. The monoisotopic (exact) mass is 343 g/mol. The normalized spacial score (nSPS) is 16.6. The standard InChI is InChI=1S/C19H22FN3O2/c20-16-3-5-17(6-4-16)25-19-8-2-15(13-23-19)12-22-18(24)7-1-14-9-10-21-11-14/h2-6,8,13-14,21H,1,7,9-12H2,(H,22,24). The van der Waals surface area contributed by atoms with Crippen molar-refractivity contribution in [3.05, 3.63) is 54.0 Å². The van der Waals surface area contributed by atoms with E-state index in [9.17, 15) is 9.18 Å². The molecule has 1 aliphatic rings. The third-order valence-electron chi connectivity index (χ3n) is 4.27. The molecule has 1 aromatic heterocycles. The Morgan fingerprint density at radius 3 is 2.80 bits per heavy atom. The van der Waals surface area contributed by atoms with Gasteiger partial charge in [0.25, 0.3) is 0 Å². The molecule has 2 aromatic rings. The summed E-state index contributed by atoms with van der Waals surface area (Å²) >= 11 is 0. The van der Waals surface area contributed by atoms with E-state index >= 15 is 0 Å². The molecule has 1 fully saturated rings. The van der Waals surface area contributed by atoms with Gasteiger partial charge >= 0.3 is 0 Å². The highest BCUT2D eigenvalue weighted by Crippen LogP contribution is 2.19. The van der Waals surface area contributed by atoms with Crippen LogP contribution in [0.5, 0.6) is 11.6 Å². The van der Waals surface area contributed by atoms with Gasteiger partial charge in [0.1, 0.15) is 11.6 Å². The number of halogens is 1. The fourth-order valence-electron chi connectivity index (χ4n) is 2.78.